The SMILES string of the molecule is CCN1CCN(c2ccc(C3=C4C(=O)c5c(NC(=O)NN(C)C6CCOCC6)cccc5C4N=N3)cc2)CC1. The number of piperazine rings is 1. The second-order valence-corrected chi connectivity index (χ2v) is 10.5. The molecular formula is C29H35N7O3. The number of nitrogens with zero attached hydrogens (tertiary/aromatic N) is 5. The van der Waals surface area contributed by atoms with Gasteiger partial charge in [0, 0.05) is 63.7 Å². The van der Waals surface area contributed by atoms with Crippen molar-refractivity contribution >= 4 is 28.9 Å². The minimum Gasteiger partial charge on any atom is -0.381 e. The van der Waals surface area contributed by atoms with Crippen LogP contribution in [0.3, 0.4) is 0 Å². The number of nitrogens with one attached hydrogen (secondary N) is 2. The monoisotopic (exact) mass is 529 g/mol. The summed E-state index contributed by atoms with van der Waals surface area (Å²) in [6, 6.07) is 13.1. The van der Waals surface area contributed by atoms with Crippen molar-refractivity contribution in [1.29, 1.82) is 0 Å². The number of hydrogen-bond acceptors (Lipinski definition) is 8. The Morgan fingerprint density at radius 2 is 1.82 bits per heavy atom. The Hall–Kier alpha value is -3.60. The molecule has 3 aliphatic heterocycles. The van der Waals surface area contributed by atoms with Crippen LogP contribution in [0.5, 0.6) is 0 Å². The molecule has 1 aliphatic carbocycles. The molecular weight excluding hydrogens is 494 g/mol. The Bertz CT molecular complexity index is 1310. The van der Waals surface area contributed by atoms with Crippen LogP contribution in [-0.4, -0.2) is 80.8 Å². The summed E-state index contributed by atoms with van der Waals surface area (Å²) in [5.41, 5.74) is 7.86. The third-order valence-corrected chi connectivity index (χ3v) is 8.25. The quantitative estimate of drug-likeness (QED) is 0.547. The number of ether oxygens (including phenoxy) is 1. The normalized spacial score (nSPS) is 21.5. The summed E-state index contributed by atoms with van der Waals surface area (Å²) in [4.78, 5) is 31.4. The van der Waals surface area contributed by atoms with Gasteiger partial charge in [0.05, 0.1) is 16.8 Å². The van der Waals surface area contributed by atoms with E-state index in [9.17, 15) is 9.59 Å². The lowest BCUT2D eigenvalue weighted by Gasteiger charge is -2.35. The minimum atomic E-state index is -0.445. The van der Waals surface area contributed by atoms with Crippen molar-refractivity contribution in [1.82, 2.24) is 15.3 Å². The number of azo groups is 1. The number of urea groups is 1. The van der Waals surface area contributed by atoms with Crippen LogP contribution >= 0.6 is 0 Å². The van der Waals surface area contributed by atoms with Crippen molar-refractivity contribution in [3.8, 4) is 0 Å². The molecule has 39 heavy (non-hydrogen) atoms. The van der Waals surface area contributed by atoms with Crippen molar-refractivity contribution in [3.05, 3.63) is 64.7 Å². The second kappa shape index (κ2) is 10.9. The van der Waals surface area contributed by atoms with E-state index in [0.29, 0.717) is 35.7 Å². The summed E-state index contributed by atoms with van der Waals surface area (Å²) in [7, 11) is 1.86. The summed E-state index contributed by atoms with van der Waals surface area (Å²) >= 11 is 0. The molecule has 2 fully saturated rings. The number of carbonyl (C=O) groups is 2. The number of ketones is 1. The standard InChI is InChI=1S/C29H35N7O3/c1-3-35-13-15-36(16-14-35)21-9-7-19(8-10-21)26-25-27(32-31-26)22-5-4-6-23(24(22)28(25)37)30-29(38)33-34(2)20-11-17-39-18-12-20/h4-10,20,27H,3,11-18H2,1-2H3,(H2,30,33,38). The van der Waals surface area contributed by atoms with Crippen LogP contribution in [0.1, 0.15) is 47.3 Å². The molecule has 0 saturated carbocycles. The van der Waals surface area contributed by atoms with Gasteiger partial charge in [0.25, 0.3) is 0 Å². The van der Waals surface area contributed by atoms with Crippen molar-refractivity contribution in [2.45, 2.75) is 31.8 Å². The van der Waals surface area contributed by atoms with E-state index in [-0.39, 0.29) is 17.9 Å². The molecule has 1 atom stereocenters. The second-order valence-electron chi connectivity index (χ2n) is 10.5. The van der Waals surface area contributed by atoms with Gasteiger partial charge < -0.3 is 19.9 Å². The summed E-state index contributed by atoms with van der Waals surface area (Å²) in [5.74, 6) is -0.136. The molecule has 1 unspecified atom stereocenters. The van der Waals surface area contributed by atoms with Gasteiger partial charge >= 0.3 is 6.03 Å². The number of hydrogen-bond donors (Lipinski definition) is 2. The van der Waals surface area contributed by atoms with Gasteiger partial charge in [0.2, 0.25) is 0 Å². The summed E-state index contributed by atoms with van der Waals surface area (Å²) in [6.07, 6.45) is 1.71. The number of hydrazine groups is 1. The molecule has 204 valence electrons. The Kier molecular flexibility index (Phi) is 7.16. The zero-order chi connectivity index (χ0) is 26.9. The number of fused-ring (bicyclic) bond motifs is 3. The van der Waals surface area contributed by atoms with Gasteiger partial charge in [-0.15, -0.1) is 0 Å². The van der Waals surface area contributed by atoms with Crippen molar-refractivity contribution in [2.24, 2.45) is 10.2 Å². The smallest absolute Gasteiger partial charge is 0.333 e. The molecule has 10 nitrogen and oxygen atoms in total. The minimum absolute atomic E-state index is 0.136. The number of amides is 2. The highest BCUT2D eigenvalue weighted by Crippen LogP contribution is 2.49. The fourth-order valence-corrected chi connectivity index (χ4v) is 5.94. The first-order valence-electron chi connectivity index (χ1n) is 13.8. The van der Waals surface area contributed by atoms with Gasteiger partial charge in [0.1, 0.15) is 11.7 Å². The average Bonchev–Trinajstić information content (AvgIpc) is 3.53. The summed E-state index contributed by atoms with van der Waals surface area (Å²) in [5, 5.41) is 13.6. The topological polar surface area (TPSA) is 102 Å². The molecule has 0 radical (unpaired) electrons. The first-order chi connectivity index (χ1) is 19.0. The fraction of sp³-hybridized carbons (Fsp3) is 0.448. The number of carbonyl (C=O) groups excluding carboxylic acids is 2. The third-order valence-electron chi connectivity index (χ3n) is 8.25. The number of benzene rings is 2. The molecule has 2 N–H and O–H groups in total. The Balaban J connectivity index is 1.19. The van der Waals surface area contributed by atoms with E-state index in [4.69, 9.17) is 4.74 Å². The Morgan fingerprint density at radius 1 is 1.08 bits per heavy atom. The van der Waals surface area contributed by atoms with E-state index in [1.54, 1.807) is 6.07 Å². The highest BCUT2D eigenvalue weighted by atomic mass is 16.5. The molecule has 4 aliphatic rings. The van der Waals surface area contributed by atoms with Gasteiger partial charge in [-0.2, -0.15) is 10.2 Å². The largest absolute Gasteiger partial charge is 0.381 e. The fourth-order valence-electron chi connectivity index (χ4n) is 5.94. The van der Waals surface area contributed by atoms with Crippen molar-refractivity contribution < 1.29 is 14.3 Å². The predicted octanol–water partition coefficient (Wildman–Crippen LogP) is 4.09. The maximum absolute atomic E-state index is 13.7. The molecule has 2 amide bonds. The van der Waals surface area contributed by atoms with E-state index >= 15 is 0 Å². The lowest BCUT2D eigenvalue weighted by atomic mass is 10.0. The number of likely N-dealkylation sites (N-methyl/N-ethyl adjacent to an activating group) is 1. The number of Topliss-reactive ketones (excluding diaryl/α,β-unsaturated/α-hetero) is 1. The zero-order valence-electron chi connectivity index (χ0n) is 22.5. The lowest BCUT2D eigenvalue weighted by molar-refractivity contribution is 0.0312. The van der Waals surface area contributed by atoms with Gasteiger partial charge in [-0.1, -0.05) is 31.2 Å². The summed E-state index contributed by atoms with van der Waals surface area (Å²) in [6.45, 7) is 8.80. The molecule has 0 spiro atoms. The van der Waals surface area contributed by atoms with E-state index in [1.165, 1.54) is 5.69 Å². The highest BCUT2D eigenvalue weighted by Gasteiger charge is 2.42. The van der Waals surface area contributed by atoms with Crippen LogP contribution in [-0.2, 0) is 4.74 Å². The van der Waals surface area contributed by atoms with Gasteiger partial charge in [0.15, 0.2) is 5.78 Å². The van der Waals surface area contributed by atoms with E-state index in [2.05, 4.69) is 49.8 Å². The molecule has 6 rings (SSSR count). The Labute approximate surface area is 228 Å². The van der Waals surface area contributed by atoms with Crippen LogP contribution < -0.4 is 15.6 Å². The number of anilines is 2. The van der Waals surface area contributed by atoms with Gasteiger partial charge in [-0.3, -0.25) is 10.2 Å². The van der Waals surface area contributed by atoms with E-state index in [0.717, 1.165) is 56.7 Å². The van der Waals surface area contributed by atoms with Crippen LogP contribution in [0.25, 0.3) is 5.70 Å². The first kappa shape index (κ1) is 25.7. The van der Waals surface area contributed by atoms with Crippen molar-refractivity contribution in [2.75, 3.05) is 63.2 Å². The van der Waals surface area contributed by atoms with Crippen LogP contribution in [0.4, 0.5) is 16.2 Å². The lowest BCUT2D eigenvalue weighted by Crippen LogP contribution is -2.49. The maximum Gasteiger partial charge on any atom is 0.333 e. The van der Waals surface area contributed by atoms with Crippen LogP contribution in [0.2, 0.25) is 0 Å². The molecule has 2 aromatic rings. The van der Waals surface area contributed by atoms with Gasteiger partial charge in [-0.25, -0.2) is 9.80 Å². The summed E-state index contributed by atoms with van der Waals surface area (Å²) < 4.78 is 5.41. The van der Waals surface area contributed by atoms with E-state index < -0.39 is 6.04 Å². The third kappa shape index (κ3) is 4.95. The predicted molar refractivity (Wildman–Crippen MR) is 150 cm³/mol. The molecule has 0 bridgehead atoms. The Morgan fingerprint density at radius 3 is 2.54 bits per heavy atom. The van der Waals surface area contributed by atoms with Crippen LogP contribution in [0.15, 0.2) is 58.3 Å². The molecule has 2 saturated heterocycles. The molecule has 2 aromatic carbocycles. The average molecular weight is 530 g/mol. The molecule has 3 heterocycles. The first-order valence-corrected chi connectivity index (χ1v) is 13.8. The zero-order valence-corrected chi connectivity index (χ0v) is 22.5. The molecule has 0 aromatic heterocycles. The van der Waals surface area contributed by atoms with E-state index in [1.807, 2.05) is 36.3 Å². The van der Waals surface area contributed by atoms with Gasteiger partial charge in [-0.05, 0) is 43.1 Å². The highest BCUT2D eigenvalue weighted by molar-refractivity contribution is 6.22. The maximum atomic E-state index is 13.7. The van der Waals surface area contributed by atoms with Crippen molar-refractivity contribution in [3.63, 3.8) is 0 Å². The molecule has 10 heteroatoms. The number of rotatable bonds is 6. The van der Waals surface area contributed by atoms with Crippen LogP contribution in [0, 0.1) is 0 Å².